The summed E-state index contributed by atoms with van der Waals surface area (Å²) in [5.41, 5.74) is 3.43. The van der Waals surface area contributed by atoms with Crippen molar-refractivity contribution < 1.29 is 18.3 Å². The average Bonchev–Trinajstić information content (AvgIpc) is 3.24. The van der Waals surface area contributed by atoms with Crippen molar-refractivity contribution in [3.63, 3.8) is 0 Å². The molecule has 0 spiro atoms. The molecule has 1 N–H and O–H groups in total. The second-order valence-corrected chi connectivity index (χ2v) is 8.88. The maximum atomic E-state index is 13.6. The van der Waals surface area contributed by atoms with Gasteiger partial charge in [-0.2, -0.15) is 8.78 Å². The molecular weight excluding hydrogens is 555 g/mol. The molecule has 2 aromatic heterocycles. The molecule has 0 saturated heterocycles. The van der Waals surface area contributed by atoms with Gasteiger partial charge in [0.1, 0.15) is 11.4 Å². The van der Waals surface area contributed by atoms with Gasteiger partial charge in [-0.3, -0.25) is 4.79 Å². The topological polar surface area (TPSA) is 81.9 Å². The Labute approximate surface area is 208 Å². The molecule has 2 heterocycles. The molecule has 0 amide bonds. The Hall–Kier alpha value is -3.41. The minimum absolute atomic E-state index is 0.115. The Kier molecular flexibility index (Phi) is 6.60. The van der Waals surface area contributed by atoms with Gasteiger partial charge in [-0.15, -0.1) is 0 Å². The van der Waals surface area contributed by atoms with Gasteiger partial charge in [0.25, 0.3) is 0 Å². The van der Waals surface area contributed by atoms with E-state index in [-0.39, 0.29) is 23.0 Å². The number of imidazole rings is 1. The number of hydrogen-bond donors (Lipinski definition) is 1. The third kappa shape index (κ3) is 5.22. The number of anilines is 2. The summed E-state index contributed by atoms with van der Waals surface area (Å²) in [6.07, 6.45) is 3.58. The van der Waals surface area contributed by atoms with E-state index in [1.54, 1.807) is 31.6 Å². The van der Waals surface area contributed by atoms with Crippen LogP contribution >= 0.6 is 22.6 Å². The van der Waals surface area contributed by atoms with Crippen LogP contribution in [0.25, 0.3) is 16.9 Å². The van der Waals surface area contributed by atoms with E-state index < -0.39 is 3.93 Å². The zero-order chi connectivity index (χ0) is 24.5. The SMILES string of the molecule is COc1cc(Nc2nc(C(C)=O)cc(-c3ccc(C(F)(F)I)cc3)n2)ccc1-n1cnc(C)c1. The number of aryl methyl sites for hydroxylation is 1. The van der Waals surface area contributed by atoms with Crippen LogP contribution in [0.1, 0.15) is 28.7 Å². The number of methoxy groups -OCH3 is 1. The molecule has 4 aromatic rings. The smallest absolute Gasteiger partial charge is 0.321 e. The molecule has 0 bridgehead atoms. The van der Waals surface area contributed by atoms with Crippen molar-refractivity contribution >= 4 is 40.0 Å². The second-order valence-electron chi connectivity index (χ2n) is 7.53. The highest BCUT2D eigenvalue weighted by Gasteiger charge is 2.26. The number of Topliss-reactive ketones (excluding diaryl/α,β-unsaturated/α-hetero) is 1. The summed E-state index contributed by atoms with van der Waals surface area (Å²) in [4.78, 5) is 25.1. The van der Waals surface area contributed by atoms with Gasteiger partial charge in [0.05, 0.1) is 30.5 Å². The number of carbonyl (C=O) groups is 1. The summed E-state index contributed by atoms with van der Waals surface area (Å²) < 4.78 is 31.5. The Morgan fingerprint density at radius 3 is 2.44 bits per heavy atom. The van der Waals surface area contributed by atoms with Crippen LogP contribution in [0.2, 0.25) is 0 Å². The van der Waals surface area contributed by atoms with Crippen LogP contribution in [0.4, 0.5) is 20.4 Å². The lowest BCUT2D eigenvalue weighted by Gasteiger charge is -2.13. The first-order chi connectivity index (χ1) is 16.1. The van der Waals surface area contributed by atoms with E-state index in [1.807, 2.05) is 29.8 Å². The van der Waals surface area contributed by atoms with Gasteiger partial charge >= 0.3 is 3.93 Å². The molecule has 0 atom stereocenters. The molecule has 4 rings (SSSR count). The molecule has 7 nitrogen and oxygen atoms in total. The molecule has 0 unspecified atom stereocenters. The number of nitrogens with one attached hydrogen (secondary N) is 1. The largest absolute Gasteiger partial charge is 0.494 e. The van der Waals surface area contributed by atoms with Crippen LogP contribution in [0, 0.1) is 6.92 Å². The number of nitrogens with zero attached hydrogens (tertiary/aromatic N) is 4. The first-order valence-corrected chi connectivity index (χ1v) is 11.3. The summed E-state index contributed by atoms with van der Waals surface area (Å²) in [6, 6.07) is 12.8. The van der Waals surface area contributed by atoms with E-state index >= 15 is 0 Å². The second kappa shape index (κ2) is 9.45. The first kappa shape index (κ1) is 23.7. The van der Waals surface area contributed by atoms with Gasteiger partial charge in [-0.05, 0) is 25.1 Å². The van der Waals surface area contributed by atoms with Crippen molar-refractivity contribution in [3.05, 3.63) is 78.0 Å². The molecule has 10 heteroatoms. The Morgan fingerprint density at radius 1 is 1.12 bits per heavy atom. The first-order valence-electron chi connectivity index (χ1n) is 10.2. The lowest BCUT2D eigenvalue weighted by atomic mass is 10.1. The molecule has 34 heavy (non-hydrogen) atoms. The zero-order valence-electron chi connectivity index (χ0n) is 18.5. The number of aromatic nitrogens is 4. The fourth-order valence-corrected chi connectivity index (χ4v) is 3.67. The molecule has 0 aliphatic heterocycles. The Bertz CT molecular complexity index is 1350. The van der Waals surface area contributed by atoms with Crippen LogP contribution in [0.5, 0.6) is 5.75 Å². The van der Waals surface area contributed by atoms with Crippen molar-refractivity contribution in [2.75, 3.05) is 12.4 Å². The summed E-state index contributed by atoms with van der Waals surface area (Å²) in [5, 5.41) is 3.10. The van der Waals surface area contributed by atoms with E-state index in [0.717, 1.165) is 34.0 Å². The number of carbonyl (C=O) groups excluding carboxylic acids is 1. The normalized spacial score (nSPS) is 11.4. The summed E-state index contributed by atoms with van der Waals surface area (Å²) in [6.45, 7) is 3.30. The quantitative estimate of drug-likeness (QED) is 0.164. The Morgan fingerprint density at radius 2 is 1.85 bits per heavy atom. The van der Waals surface area contributed by atoms with Crippen molar-refractivity contribution in [1.29, 1.82) is 0 Å². The minimum atomic E-state index is -2.97. The fraction of sp³-hybridized carbons (Fsp3) is 0.167. The maximum Gasteiger partial charge on any atom is 0.321 e. The minimum Gasteiger partial charge on any atom is -0.494 e. The van der Waals surface area contributed by atoms with E-state index in [9.17, 15) is 13.6 Å². The zero-order valence-corrected chi connectivity index (χ0v) is 20.7. The molecule has 0 fully saturated rings. The van der Waals surface area contributed by atoms with Gasteiger partial charge in [-0.25, -0.2) is 15.0 Å². The van der Waals surface area contributed by atoms with Gasteiger partial charge in [0.2, 0.25) is 5.95 Å². The monoisotopic (exact) mass is 575 g/mol. The van der Waals surface area contributed by atoms with Gasteiger partial charge in [-0.1, -0.05) is 24.3 Å². The number of hydrogen-bond acceptors (Lipinski definition) is 6. The summed E-state index contributed by atoms with van der Waals surface area (Å²) in [7, 11) is 1.57. The lowest BCUT2D eigenvalue weighted by molar-refractivity contribution is 0.101. The number of ketones is 1. The Balaban J connectivity index is 1.68. The van der Waals surface area contributed by atoms with Gasteiger partial charge in [0.15, 0.2) is 5.78 Å². The summed E-state index contributed by atoms with van der Waals surface area (Å²) in [5.74, 6) is 0.547. The molecule has 0 saturated carbocycles. The molecule has 2 aromatic carbocycles. The standard InChI is InChI=1S/C24H20F2IN5O2/c1-14-12-32(13-28-14)21-9-8-18(10-22(21)34-3)29-23-30-19(15(2)33)11-20(31-23)16-4-6-17(7-5-16)24(25,26)27/h4-13H,1-3H3,(H,29,30,31). The lowest BCUT2D eigenvalue weighted by Crippen LogP contribution is -2.06. The number of alkyl halides is 3. The highest BCUT2D eigenvalue weighted by atomic mass is 127. The van der Waals surface area contributed by atoms with Gasteiger partial charge in [0, 0.05) is 58.6 Å². The van der Waals surface area contributed by atoms with E-state index in [4.69, 9.17) is 4.74 Å². The molecule has 0 radical (unpaired) electrons. The number of halogens is 3. The predicted octanol–water partition coefficient (Wildman–Crippen LogP) is 6.08. The van der Waals surface area contributed by atoms with E-state index in [2.05, 4.69) is 20.3 Å². The van der Waals surface area contributed by atoms with Crippen molar-refractivity contribution in [1.82, 2.24) is 19.5 Å². The van der Waals surface area contributed by atoms with E-state index in [1.165, 1.54) is 25.1 Å². The van der Waals surface area contributed by atoms with Crippen LogP contribution in [-0.4, -0.2) is 32.4 Å². The van der Waals surface area contributed by atoms with Crippen LogP contribution < -0.4 is 10.1 Å². The van der Waals surface area contributed by atoms with Crippen molar-refractivity contribution in [2.45, 2.75) is 17.8 Å². The highest BCUT2D eigenvalue weighted by molar-refractivity contribution is 14.1. The van der Waals surface area contributed by atoms with Crippen molar-refractivity contribution in [3.8, 4) is 22.7 Å². The highest BCUT2D eigenvalue weighted by Crippen LogP contribution is 2.36. The van der Waals surface area contributed by atoms with Crippen LogP contribution in [0.15, 0.2) is 61.1 Å². The number of benzene rings is 2. The molecule has 174 valence electrons. The molecular formula is C24H20F2IN5O2. The third-order valence-electron chi connectivity index (χ3n) is 5.02. The average molecular weight is 575 g/mol. The van der Waals surface area contributed by atoms with Crippen LogP contribution in [-0.2, 0) is 3.93 Å². The van der Waals surface area contributed by atoms with E-state index in [0.29, 0.717) is 22.7 Å². The number of ether oxygens (including phenoxy) is 1. The van der Waals surface area contributed by atoms with Crippen molar-refractivity contribution in [2.24, 2.45) is 0 Å². The predicted molar refractivity (Wildman–Crippen MR) is 134 cm³/mol. The third-order valence-corrected chi connectivity index (χ3v) is 5.64. The molecule has 0 aliphatic carbocycles. The summed E-state index contributed by atoms with van der Waals surface area (Å²) >= 11 is 1.08. The number of rotatable bonds is 7. The van der Waals surface area contributed by atoms with Gasteiger partial charge < -0.3 is 14.6 Å². The molecule has 0 aliphatic rings. The fourth-order valence-electron chi connectivity index (χ4n) is 3.31. The maximum absolute atomic E-state index is 13.6. The van der Waals surface area contributed by atoms with Crippen LogP contribution in [0.3, 0.4) is 0 Å².